The van der Waals surface area contributed by atoms with Crippen LogP contribution in [0.2, 0.25) is 0 Å². The Morgan fingerprint density at radius 1 is 1.65 bits per heavy atom. The Labute approximate surface area is 109 Å². The molecule has 4 nitrogen and oxygen atoms in total. The maximum atomic E-state index is 11.7. The molecular weight excluding hydrogens is 236 g/mol. The highest BCUT2D eigenvalue weighted by molar-refractivity contribution is 7.78. The van der Waals surface area contributed by atoms with E-state index in [1.54, 1.807) is 0 Å². The molecular formula is C12H22N2O2S. The van der Waals surface area contributed by atoms with Crippen LogP contribution in [0.5, 0.6) is 0 Å². The Balaban J connectivity index is 2.51. The predicted octanol–water partition coefficient (Wildman–Crippen LogP) is 2.11. The number of carbonyl (C=O) groups excluding carboxylic acids is 1. The molecule has 2 N–H and O–H groups in total. The molecule has 0 radical (unpaired) electrons. The summed E-state index contributed by atoms with van der Waals surface area (Å²) in [6.45, 7) is 2.23. The highest BCUT2D eigenvalue weighted by atomic mass is 32.1. The van der Waals surface area contributed by atoms with E-state index in [2.05, 4.69) is 31.1 Å². The molecule has 1 aliphatic carbocycles. The second-order valence-corrected chi connectivity index (χ2v) is 4.76. The maximum absolute atomic E-state index is 11.7. The second kappa shape index (κ2) is 7.61. The molecule has 17 heavy (non-hydrogen) atoms. The summed E-state index contributed by atoms with van der Waals surface area (Å²) < 4.78 is 1.21. The van der Waals surface area contributed by atoms with E-state index in [-0.39, 0.29) is 25.2 Å². The van der Waals surface area contributed by atoms with Crippen molar-refractivity contribution in [3.8, 4) is 0 Å². The third-order valence-electron chi connectivity index (χ3n) is 3.03. The van der Waals surface area contributed by atoms with Gasteiger partial charge in [0, 0.05) is 0 Å². The van der Waals surface area contributed by atoms with Gasteiger partial charge in [0.1, 0.15) is 0 Å². The summed E-state index contributed by atoms with van der Waals surface area (Å²) in [4.78, 5) is 11.7. The zero-order chi connectivity index (χ0) is 12.7. The standard InChI is InChI=1S/C12H22N2O2S/c1-2-11(10-6-4-3-5-7-10)13-12(16)14(17)8-9-15/h6,11,15,17H,2-5,7-9H2,1H3,(H,13,16). The van der Waals surface area contributed by atoms with E-state index in [0.29, 0.717) is 0 Å². The lowest BCUT2D eigenvalue weighted by Gasteiger charge is -2.25. The zero-order valence-corrected chi connectivity index (χ0v) is 11.2. The fraction of sp³-hybridized carbons (Fsp3) is 0.750. The molecule has 0 aliphatic heterocycles. The lowest BCUT2D eigenvalue weighted by molar-refractivity contribution is 0.211. The quantitative estimate of drug-likeness (QED) is 0.522. The molecule has 0 fully saturated rings. The van der Waals surface area contributed by atoms with Crippen LogP contribution in [0.15, 0.2) is 11.6 Å². The summed E-state index contributed by atoms with van der Waals surface area (Å²) in [7, 11) is 0. The monoisotopic (exact) mass is 258 g/mol. The minimum atomic E-state index is -0.235. The van der Waals surface area contributed by atoms with Gasteiger partial charge < -0.3 is 10.4 Å². The summed E-state index contributed by atoms with van der Waals surface area (Å²) in [6, 6.07) is -0.128. The van der Waals surface area contributed by atoms with Crippen LogP contribution >= 0.6 is 12.8 Å². The largest absolute Gasteiger partial charge is 0.394 e. The molecule has 5 heteroatoms. The van der Waals surface area contributed by atoms with E-state index < -0.39 is 0 Å². The number of nitrogens with zero attached hydrogens (tertiary/aromatic N) is 1. The Bertz CT molecular complexity index is 282. The predicted molar refractivity (Wildman–Crippen MR) is 71.9 cm³/mol. The van der Waals surface area contributed by atoms with Gasteiger partial charge in [-0.25, -0.2) is 4.79 Å². The summed E-state index contributed by atoms with van der Waals surface area (Å²) in [6.07, 6.45) is 7.77. The first-order valence-corrected chi connectivity index (χ1v) is 6.65. The van der Waals surface area contributed by atoms with Crippen molar-refractivity contribution in [2.45, 2.75) is 45.1 Å². The van der Waals surface area contributed by atoms with Crippen LogP contribution in [0.25, 0.3) is 0 Å². The molecule has 98 valence electrons. The molecule has 1 aliphatic rings. The molecule has 0 spiro atoms. The van der Waals surface area contributed by atoms with Crippen LogP contribution in [0.3, 0.4) is 0 Å². The fourth-order valence-electron chi connectivity index (χ4n) is 2.06. The number of amides is 2. The Morgan fingerprint density at radius 3 is 2.94 bits per heavy atom. The highest BCUT2D eigenvalue weighted by Gasteiger charge is 2.18. The topological polar surface area (TPSA) is 52.6 Å². The van der Waals surface area contributed by atoms with Crippen molar-refractivity contribution in [3.63, 3.8) is 0 Å². The summed E-state index contributed by atoms with van der Waals surface area (Å²) in [5.74, 6) is 0. The highest BCUT2D eigenvalue weighted by Crippen LogP contribution is 2.21. The van der Waals surface area contributed by atoms with Gasteiger partial charge in [0.15, 0.2) is 0 Å². The van der Waals surface area contributed by atoms with Gasteiger partial charge in [-0.2, -0.15) is 0 Å². The number of aliphatic hydroxyl groups excluding tert-OH is 1. The van der Waals surface area contributed by atoms with Gasteiger partial charge in [0.25, 0.3) is 0 Å². The van der Waals surface area contributed by atoms with Crippen molar-refractivity contribution in [1.29, 1.82) is 0 Å². The zero-order valence-electron chi connectivity index (χ0n) is 10.4. The first-order valence-electron chi connectivity index (χ1n) is 6.25. The Hall–Kier alpha value is -0.680. The summed E-state index contributed by atoms with van der Waals surface area (Å²) >= 11 is 4.02. The van der Waals surface area contributed by atoms with E-state index in [0.717, 1.165) is 19.3 Å². The molecule has 0 aromatic rings. The van der Waals surface area contributed by atoms with Gasteiger partial charge >= 0.3 is 6.03 Å². The molecule has 0 saturated carbocycles. The molecule has 0 heterocycles. The van der Waals surface area contributed by atoms with Gasteiger partial charge in [-0.05, 0) is 32.1 Å². The molecule has 2 amide bonds. The van der Waals surface area contributed by atoms with Crippen LogP contribution < -0.4 is 5.32 Å². The third-order valence-corrected chi connectivity index (χ3v) is 3.41. The van der Waals surface area contributed by atoms with E-state index >= 15 is 0 Å². The molecule has 1 unspecified atom stereocenters. The average Bonchev–Trinajstić information content (AvgIpc) is 2.37. The molecule has 1 atom stereocenters. The van der Waals surface area contributed by atoms with Crippen molar-refractivity contribution in [1.82, 2.24) is 9.62 Å². The van der Waals surface area contributed by atoms with Crippen LogP contribution in [0.4, 0.5) is 4.79 Å². The van der Waals surface area contributed by atoms with Crippen molar-refractivity contribution in [3.05, 3.63) is 11.6 Å². The van der Waals surface area contributed by atoms with Crippen molar-refractivity contribution in [2.24, 2.45) is 0 Å². The number of thiol groups is 1. The number of hydrogen-bond acceptors (Lipinski definition) is 3. The van der Waals surface area contributed by atoms with Crippen molar-refractivity contribution < 1.29 is 9.90 Å². The van der Waals surface area contributed by atoms with E-state index in [4.69, 9.17) is 5.11 Å². The molecule has 0 bridgehead atoms. The summed E-state index contributed by atoms with van der Waals surface area (Å²) in [5.41, 5.74) is 1.33. The lowest BCUT2D eigenvalue weighted by Crippen LogP contribution is -2.42. The van der Waals surface area contributed by atoms with Gasteiger partial charge in [-0.3, -0.25) is 4.31 Å². The van der Waals surface area contributed by atoms with E-state index in [9.17, 15) is 4.79 Å². The summed E-state index contributed by atoms with van der Waals surface area (Å²) in [5, 5.41) is 11.7. The number of hydrogen-bond donors (Lipinski definition) is 3. The molecule has 0 aromatic carbocycles. The number of rotatable bonds is 5. The molecule has 0 saturated heterocycles. The molecule has 1 rings (SSSR count). The normalized spacial score (nSPS) is 17.2. The van der Waals surface area contributed by atoms with Crippen LogP contribution in [-0.4, -0.2) is 34.6 Å². The minimum Gasteiger partial charge on any atom is -0.394 e. The van der Waals surface area contributed by atoms with Crippen molar-refractivity contribution >= 4 is 18.8 Å². The van der Waals surface area contributed by atoms with Gasteiger partial charge in [0.05, 0.1) is 19.2 Å². The lowest BCUT2D eigenvalue weighted by atomic mass is 9.92. The van der Waals surface area contributed by atoms with Gasteiger partial charge in [-0.15, -0.1) is 0 Å². The number of urea groups is 1. The van der Waals surface area contributed by atoms with Crippen molar-refractivity contribution in [2.75, 3.05) is 13.2 Å². The Morgan fingerprint density at radius 2 is 2.41 bits per heavy atom. The SMILES string of the molecule is CCC(NC(=O)N(S)CCO)C1=CCCCC1. The number of aliphatic hydroxyl groups is 1. The Kier molecular flexibility index (Phi) is 6.44. The van der Waals surface area contributed by atoms with E-state index in [1.165, 1.54) is 22.7 Å². The maximum Gasteiger partial charge on any atom is 0.327 e. The van der Waals surface area contributed by atoms with Crippen LogP contribution in [0.1, 0.15) is 39.0 Å². The fourth-order valence-corrected chi connectivity index (χ4v) is 2.20. The van der Waals surface area contributed by atoms with E-state index in [1.807, 2.05) is 0 Å². The number of carbonyl (C=O) groups is 1. The number of allylic oxidation sites excluding steroid dienone is 1. The average molecular weight is 258 g/mol. The smallest absolute Gasteiger partial charge is 0.327 e. The van der Waals surface area contributed by atoms with Crippen LogP contribution in [0, 0.1) is 0 Å². The molecule has 0 aromatic heterocycles. The number of nitrogens with one attached hydrogen (secondary N) is 1. The van der Waals surface area contributed by atoms with Gasteiger partial charge in [0.2, 0.25) is 0 Å². The third kappa shape index (κ3) is 4.60. The van der Waals surface area contributed by atoms with Crippen LogP contribution in [-0.2, 0) is 0 Å². The second-order valence-electron chi connectivity index (χ2n) is 4.28. The first-order chi connectivity index (χ1) is 8.19. The first kappa shape index (κ1) is 14.4. The minimum absolute atomic E-state index is 0.0730. The van der Waals surface area contributed by atoms with Gasteiger partial charge in [-0.1, -0.05) is 31.4 Å².